The van der Waals surface area contributed by atoms with Gasteiger partial charge in [-0.15, -0.1) is 0 Å². The lowest BCUT2D eigenvalue weighted by atomic mass is 9.79. The molecule has 0 aliphatic heterocycles. The van der Waals surface area contributed by atoms with Gasteiger partial charge in [0.15, 0.2) is 0 Å². The second-order valence-electron chi connectivity index (χ2n) is 2.90. The van der Waals surface area contributed by atoms with E-state index in [9.17, 15) is 0 Å². The van der Waals surface area contributed by atoms with Crippen molar-refractivity contribution in [2.24, 2.45) is 0 Å². The maximum atomic E-state index is 9.05. The van der Waals surface area contributed by atoms with Crippen LogP contribution in [-0.2, 0) is 0 Å². The van der Waals surface area contributed by atoms with Crippen LogP contribution in [0.15, 0.2) is 18.2 Å². The minimum atomic E-state index is -1.56. The third kappa shape index (κ3) is 2.91. The Hall–Kier alpha value is -0.705. The fraction of sp³-hybridized carbons (Fsp3) is 0.333. The minimum absolute atomic E-state index is 0.297. The zero-order chi connectivity index (χ0) is 10.6. The Morgan fingerprint density at radius 2 is 2.14 bits per heavy atom. The number of ether oxygens (including phenoxy) is 1. The summed E-state index contributed by atoms with van der Waals surface area (Å²) in [5.74, 6) is 0.464. The summed E-state index contributed by atoms with van der Waals surface area (Å²) in [7, 11) is -1.56. The SMILES string of the molecule is CCCOc1ccc(Cl)cc1B(O)O. The molecule has 14 heavy (non-hydrogen) atoms. The van der Waals surface area contributed by atoms with E-state index in [0.29, 0.717) is 22.8 Å². The second-order valence-corrected chi connectivity index (χ2v) is 3.34. The number of benzene rings is 1. The number of rotatable bonds is 4. The lowest BCUT2D eigenvalue weighted by Crippen LogP contribution is -2.31. The molecular formula is C9H12BClO3. The fourth-order valence-corrected chi connectivity index (χ4v) is 1.25. The molecule has 0 aromatic heterocycles. The van der Waals surface area contributed by atoms with Gasteiger partial charge in [0.2, 0.25) is 0 Å². The third-order valence-corrected chi connectivity index (χ3v) is 1.95. The van der Waals surface area contributed by atoms with Crippen LogP contribution >= 0.6 is 11.6 Å². The van der Waals surface area contributed by atoms with E-state index < -0.39 is 7.12 Å². The van der Waals surface area contributed by atoms with Crippen molar-refractivity contribution >= 4 is 24.2 Å². The second kappa shape index (κ2) is 5.24. The molecule has 1 rings (SSSR count). The first-order valence-electron chi connectivity index (χ1n) is 4.43. The Balaban J connectivity index is 2.90. The van der Waals surface area contributed by atoms with Gasteiger partial charge >= 0.3 is 7.12 Å². The highest BCUT2D eigenvalue weighted by molar-refractivity contribution is 6.60. The molecule has 1 aromatic rings. The molecule has 0 saturated carbocycles. The van der Waals surface area contributed by atoms with Crippen molar-refractivity contribution in [2.45, 2.75) is 13.3 Å². The summed E-state index contributed by atoms with van der Waals surface area (Å²) in [6, 6.07) is 4.77. The molecule has 0 heterocycles. The molecule has 0 saturated heterocycles. The minimum Gasteiger partial charge on any atom is -0.494 e. The van der Waals surface area contributed by atoms with Crippen LogP contribution in [0.25, 0.3) is 0 Å². The van der Waals surface area contributed by atoms with Crippen molar-refractivity contribution in [3.8, 4) is 5.75 Å². The van der Waals surface area contributed by atoms with Crippen molar-refractivity contribution in [3.05, 3.63) is 23.2 Å². The monoisotopic (exact) mass is 214 g/mol. The molecule has 0 atom stereocenters. The van der Waals surface area contributed by atoms with Crippen LogP contribution in [0.5, 0.6) is 5.75 Å². The van der Waals surface area contributed by atoms with E-state index in [2.05, 4.69) is 0 Å². The lowest BCUT2D eigenvalue weighted by molar-refractivity contribution is 0.317. The van der Waals surface area contributed by atoms with Gasteiger partial charge in [-0.05, 0) is 24.6 Å². The molecule has 0 spiro atoms. The van der Waals surface area contributed by atoms with Crippen molar-refractivity contribution in [1.29, 1.82) is 0 Å². The third-order valence-electron chi connectivity index (χ3n) is 1.71. The lowest BCUT2D eigenvalue weighted by Gasteiger charge is -2.10. The number of halogens is 1. The first-order chi connectivity index (χ1) is 6.65. The van der Waals surface area contributed by atoms with Crippen molar-refractivity contribution < 1.29 is 14.8 Å². The van der Waals surface area contributed by atoms with Crippen LogP contribution in [0.4, 0.5) is 0 Å². The van der Waals surface area contributed by atoms with Gasteiger partial charge < -0.3 is 14.8 Å². The van der Waals surface area contributed by atoms with Gasteiger partial charge in [-0.25, -0.2) is 0 Å². The summed E-state index contributed by atoms with van der Waals surface area (Å²) in [6.07, 6.45) is 0.865. The normalized spacial score (nSPS) is 10.0. The van der Waals surface area contributed by atoms with E-state index in [0.717, 1.165) is 6.42 Å². The summed E-state index contributed by atoms with van der Waals surface area (Å²) in [5.41, 5.74) is 0.297. The van der Waals surface area contributed by atoms with Crippen molar-refractivity contribution in [1.82, 2.24) is 0 Å². The smallest absolute Gasteiger partial charge is 0.492 e. The summed E-state index contributed by atoms with van der Waals surface area (Å²) in [5, 5.41) is 18.5. The molecule has 0 aliphatic carbocycles. The van der Waals surface area contributed by atoms with Gasteiger partial charge in [-0.1, -0.05) is 18.5 Å². The summed E-state index contributed by atoms with van der Waals surface area (Å²) in [4.78, 5) is 0. The zero-order valence-corrected chi connectivity index (χ0v) is 8.66. The Kier molecular flexibility index (Phi) is 4.26. The van der Waals surface area contributed by atoms with Gasteiger partial charge in [0.05, 0.1) is 6.61 Å². The van der Waals surface area contributed by atoms with E-state index in [1.54, 1.807) is 12.1 Å². The van der Waals surface area contributed by atoms with Crippen LogP contribution in [0.2, 0.25) is 5.02 Å². The van der Waals surface area contributed by atoms with Crippen LogP contribution in [0, 0.1) is 0 Å². The number of hydrogen-bond donors (Lipinski definition) is 2. The highest BCUT2D eigenvalue weighted by atomic mass is 35.5. The molecular weight excluding hydrogens is 202 g/mol. The molecule has 1 aromatic carbocycles. The summed E-state index contributed by atoms with van der Waals surface area (Å²) in [6.45, 7) is 2.52. The van der Waals surface area contributed by atoms with E-state index >= 15 is 0 Å². The Labute approximate surface area is 88.4 Å². The topological polar surface area (TPSA) is 49.7 Å². The standard InChI is InChI=1S/C9H12BClO3/c1-2-5-14-9-4-3-7(11)6-8(9)10(12)13/h3-4,6,12-13H,2,5H2,1H3. The number of hydrogen-bond acceptors (Lipinski definition) is 3. The van der Waals surface area contributed by atoms with Crippen LogP contribution in [-0.4, -0.2) is 23.8 Å². The maximum absolute atomic E-state index is 9.05. The van der Waals surface area contributed by atoms with Gasteiger partial charge in [-0.3, -0.25) is 0 Å². The molecule has 0 bridgehead atoms. The van der Waals surface area contributed by atoms with E-state index in [-0.39, 0.29) is 0 Å². The van der Waals surface area contributed by atoms with Crippen LogP contribution in [0.1, 0.15) is 13.3 Å². The molecule has 2 N–H and O–H groups in total. The molecule has 0 radical (unpaired) electrons. The molecule has 5 heteroatoms. The largest absolute Gasteiger partial charge is 0.494 e. The molecule has 76 valence electrons. The Bertz CT molecular complexity index is 304. The average Bonchev–Trinajstić information content (AvgIpc) is 2.15. The maximum Gasteiger partial charge on any atom is 0.492 e. The summed E-state index contributed by atoms with van der Waals surface area (Å²) < 4.78 is 5.32. The fourth-order valence-electron chi connectivity index (χ4n) is 1.06. The molecule has 0 aliphatic rings. The van der Waals surface area contributed by atoms with Crippen LogP contribution in [0.3, 0.4) is 0 Å². The Morgan fingerprint density at radius 3 is 2.71 bits per heavy atom. The van der Waals surface area contributed by atoms with Crippen molar-refractivity contribution in [2.75, 3.05) is 6.61 Å². The molecule has 3 nitrogen and oxygen atoms in total. The predicted molar refractivity (Wildman–Crippen MR) is 57.1 cm³/mol. The van der Waals surface area contributed by atoms with Gasteiger partial charge in [0.25, 0.3) is 0 Å². The van der Waals surface area contributed by atoms with Crippen LogP contribution < -0.4 is 10.2 Å². The molecule has 0 fully saturated rings. The predicted octanol–water partition coefficient (Wildman–Crippen LogP) is 0.809. The van der Waals surface area contributed by atoms with Crippen molar-refractivity contribution in [3.63, 3.8) is 0 Å². The highest BCUT2D eigenvalue weighted by Gasteiger charge is 2.17. The average molecular weight is 214 g/mol. The highest BCUT2D eigenvalue weighted by Crippen LogP contribution is 2.14. The zero-order valence-electron chi connectivity index (χ0n) is 7.90. The molecule has 0 amide bonds. The summed E-state index contributed by atoms with van der Waals surface area (Å²) >= 11 is 5.72. The first kappa shape index (κ1) is 11.4. The first-order valence-corrected chi connectivity index (χ1v) is 4.81. The van der Waals surface area contributed by atoms with Gasteiger partial charge in [0, 0.05) is 10.5 Å². The quantitative estimate of drug-likeness (QED) is 0.729. The Morgan fingerprint density at radius 1 is 1.43 bits per heavy atom. The van der Waals surface area contributed by atoms with E-state index in [1.165, 1.54) is 6.07 Å². The molecule has 0 unspecified atom stereocenters. The van der Waals surface area contributed by atoms with E-state index in [1.807, 2.05) is 6.92 Å². The van der Waals surface area contributed by atoms with Gasteiger partial charge in [-0.2, -0.15) is 0 Å². The van der Waals surface area contributed by atoms with E-state index in [4.69, 9.17) is 26.4 Å². The van der Waals surface area contributed by atoms with Gasteiger partial charge in [0.1, 0.15) is 5.75 Å².